The van der Waals surface area contributed by atoms with Crippen molar-refractivity contribution in [2.45, 2.75) is 126 Å². The summed E-state index contributed by atoms with van der Waals surface area (Å²) in [6.45, 7) is 19.3. The second kappa shape index (κ2) is 7.85. The van der Waals surface area contributed by atoms with Crippen LogP contribution in [0, 0.1) is 56.7 Å². The number of carbonyl (C=O) groups is 1. The molecule has 0 bridgehead atoms. The fraction of sp³-hybridized carbons (Fsp3) is 0.906. The molecule has 0 radical (unpaired) electrons. The van der Waals surface area contributed by atoms with E-state index in [0.717, 1.165) is 35.9 Å². The molecule has 5 rings (SSSR count). The summed E-state index contributed by atoms with van der Waals surface area (Å²) in [5.41, 5.74) is 1.71. The van der Waals surface area contributed by atoms with Crippen LogP contribution in [-0.2, 0) is 9.53 Å². The fourth-order valence-corrected chi connectivity index (χ4v) is 11.1. The molecule has 5 aliphatic rings. The lowest BCUT2D eigenvalue weighted by Crippen LogP contribution is -2.56. The van der Waals surface area contributed by atoms with Crippen molar-refractivity contribution in [1.29, 1.82) is 0 Å². The molecule has 4 saturated carbocycles. The Morgan fingerprint density at radius 3 is 2.35 bits per heavy atom. The van der Waals surface area contributed by atoms with Gasteiger partial charge in [0, 0.05) is 12.3 Å². The maximum atomic E-state index is 12.1. The van der Waals surface area contributed by atoms with Crippen LogP contribution in [0.1, 0.15) is 126 Å². The van der Waals surface area contributed by atoms with Crippen LogP contribution in [0.4, 0.5) is 0 Å². The standard InChI is InChI=1S/C32H52O2/c1-21(2)10-9-11-22(3)24-14-17-30(8)26-13-12-25-28(5,6)16-15-27(34-23(4)33)32(25)20-31(26,32)19-18-29(24,30)7/h15,21-22,24-26H,9-14,16-20H2,1-8H3/t22-,24-,25+,26+,29-,30+,31+,32-/m1/s1. The van der Waals surface area contributed by atoms with E-state index in [1.165, 1.54) is 64.2 Å². The molecule has 0 N–H and O–H groups in total. The first-order chi connectivity index (χ1) is 15.8. The summed E-state index contributed by atoms with van der Waals surface area (Å²) in [5.74, 6) is 4.96. The van der Waals surface area contributed by atoms with Gasteiger partial charge in [0.05, 0.1) is 0 Å². The van der Waals surface area contributed by atoms with Gasteiger partial charge in [-0.15, -0.1) is 0 Å². The van der Waals surface area contributed by atoms with Crippen LogP contribution in [0.5, 0.6) is 0 Å². The molecule has 0 heterocycles. The van der Waals surface area contributed by atoms with Gasteiger partial charge in [0.1, 0.15) is 5.76 Å². The molecular weight excluding hydrogens is 416 g/mol. The average Bonchev–Trinajstić information content (AvgIpc) is 3.34. The maximum absolute atomic E-state index is 12.1. The van der Waals surface area contributed by atoms with E-state index in [0.29, 0.717) is 27.6 Å². The minimum atomic E-state index is -0.119. The van der Waals surface area contributed by atoms with Crippen LogP contribution < -0.4 is 0 Å². The quantitative estimate of drug-likeness (QED) is 0.364. The van der Waals surface area contributed by atoms with Gasteiger partial charge in [0.25, 0.3) is 0 Å². The molecule has 0 aromatic heterocycles. The van der Waals surface area contributed by atoms with E-state index < -0.39 is 0 Å². The van der Waals surface area contributed by atoms with Gasteiger partial charge < -0.3 is 4.74 Å². The van der Waals surface area contributed by atoms with E-state index in [4.69, 9.17) is 4.74 Å². The number of esters is 1. The monoisotopic (exact) mass is 468 g/mol. The first kappa shape index (κ1) is 24.9. The third-order valence-corrected chi connectivity index (χ3v) is 12.9. The van der Waals surface area contributed by atoms with Crippen LogP contribution in [0.25, 0.3) is 0 Å². The van der Waals surface area contributed by atoms with E-state index in [-0.39, 0.29) is 11.4 Å². The third kappa shape index (κ3) is 3.14. The van der Waals surface area contributed by atoms with Gasteiger partial charge >= 0.3 is 5.97 Å². The Morgan fingerprint density at radius 1 is 0.971 bits per heavy atom. The van der Waals surface area contributed by atoms with Gasteiger partial charge in [0.2, 0.25) is 0 Å². The van der Waals surface area contributed by atoms with Crippen molar-refractivity contribution < 1.29 is 9.53 Å². The third-order valence-electron chi connectivity index (χ3n) is 12.9. The van der Waals surface area contributed by atoms with Crippen LogP contribution in [-0.4, -0.2) is 5.97 Å². The van der Waals surface area contributed by atoms with E-state index >= 15 is 0 Å². The summed E-state index contributed by atoms with van der Waals surface area (Å²) >= 11 is 0. The molecule has 4 fully saturated rings. The summed E-state index contributed by atoms with van der Waals surface area (Å²) in [7, 11) is 0. The Bertz CT molecular complexity index is 868. The van der Waals surface area contributed by atoms with Gasteiger partial charge in [-0.05, 0) is 109 Å². The lowest BCUT2D eigenvalue weighted by molar-refractivity contribution is -0.149. The second-order valence-corrected chi connectivity index (χ2v) is 15.1. The Morgan fingerprint density at radius 2 is 1.68 bits per heavy atom. The lowest BCUT2D eigenvalue weighted by Gasteiger charge is -2.62. The molecule has 2 nitrogen and oxygen atoms in total. The summed E-state index contributed by atoms with van der Waals surface area (Å²) in [6, 6.07) is 0. The second-order valence-electron chi connectivity index (χ2n) is 15.1. The predicted molar refractivity (Wildman–Crippen MR) is 140 cm³/mol. The zero-order chi connectivity index (χ0) is 24.7. The van der Waals surface area contributed by atoms with E-state index in [2.05, 4.69) is 54.5 Å². The number of ether oxygens (including phenoxy) is 1. The highest BCUT2D eigenvalue weighted by atomic mass is 16.5. The van der Waals surface area contributed by atoms with Crippen molar-refractivity contribution in [3.63, 3.8) is 0 Å². The minimum Gasteiger partial charge on any atom is -0.431 e. The highest BCUT2D eigenvalue weighted by Crippen LogP contribution is 2.89. The van der Waals surface area contributed by atoms with E-state index in [9.17, 15) is 4.79 Å². The molecule has 5 aliphatic carbocycles. The van der Waals surface area contributed by atoms with Crippen molar-refractivity contribution in [3.05, 3.63) is 11.8 Å². The summed E-state index contributed by atoms with van der Waals surface area (Å²) in [5, 5.41) is 0. The molecule has 192 valence electrons. The molecule has 2 spiro atoms. The molecule has 0 unspecified atom stereocenters. The summed E-state index contributed by atoms with van der Waals surface area (Å²) in [4.78, 5) is 12.1. The summed E-state index contributed by atoms with van der Waals surface area (Å²) < 4.78 is 6.06. The molecule has 0 aromatic rings. The Labute approximate surface area is 210 Å². The van der Waals surface area contributed by atoms with Gasteiger partial charge in [-0.2, -0.15) is 0 Å². The fourth-order valence-electron chi connectivity index (χ4n) is 11.1. The number of hydrogen-bond donors (Lipinski definition) is 0. The molecule has 8 atom stereocenters. The summed E-state index contributed by atoms with van der Waals surface area (Å²) in [6.07, 6.45) is 17.1. The largest absolute Gasteiger partial charge is 0.431 e. The van der Waals surface area contributed by atoms with Gasteiger partial charge in [-0.3, -0.25) is 4.79 Å². The van der Waals surface area contributed by atoms with Crippen LogP contribution in [0.2, 0.25) is 0 Å². The first-order valence-electron chi connectivity index (χ1n) is 14.7. The van der Waals surface area contributed by atoms with Crippen molar-refractivity contribution in [1.82, 2.24) is 0 Å². The van der Waals surface area contributed by atoms with Gasteiger partial charge in [-0.25, -0.2) is 0 Å². The van der Waals surface area contributed by atoms with Crippen LogP contribution >= 0.6 is 0 Å². The van der Waals surface area contributed by atoms with Crippen molar-refractivity contribution in [2.24, 2.45) is 56.7 Å². The van der Waals surface area contributed by atoms with Gasteiger partial charge in [0.15, 0.2) is 0 Å². The minimum absolute atomic E-state index is 0.119. The Kier molecular flexibility index (Phi) is 5.75. The molecule has 0 saturated heterocycles. The van der Waals surface area contributed by atoms with E-state index in [1.54, 1.807) is 6.92 Å². The first-order valence-corrected chi connectivity index (χ1v) is 14.7. The number of hydrogen-bond acceptors (Lipinski definition) is 2. The number of allylic oxidation sites excluding steroid dienone is 2. The molecule has 0 aromatic carbocycles. The van der Waals surface area contributed by atoms with Crippen molar-refractivity contribution in [2.75, 3.05) is 0 Å². The van der Waals surface area contributed by atoms with Crippen LogP contribution in [0.15, 0.2) is 11.8 Å². The highest BCUT2D eigenvalue weighted by molar-refractivity contribution is 5.68. The van der Waals surface area contributed by atoms with Crippen molar-refractivity contribution >= 4 is 5.97 Å². The Hall–Kier alpha value is -0.790. The predicted octanol–water partition coefficient (Wildman–Crippen LogP) is 8.94. The molecule has 2 heteroatoms. The molecule has 0 aliphatic heterocycles. The zero-order valence-electron chi connectivity index (χ0n) is 23.6. The van der Waals surface area contributed by atoms with Gasteiger partial charge in [-0.1, -0.05) is 67.7 Å². The number of carbonyl (C=O) groups excluding carboxylic acids is 1. The molecule has 34 heavy (non-hydrogen) atoms. The number of rotatable bonds is 6. The highest BCUT2D eigenvalue weighted by Gasteiger charge is 2.83. The average molecular weight is 469 g/mol. The SMILES string of the molecule is CC(=O)OC1=CCC(C)(C)[C@@H]2CC[C@@H]3[C@]4(CC[C@]5(C)[C@@H]([C@H](C)CCCC(C)C)CC[C@@]35C)C[C@]124. The Balaban J connectivity index is 1.45. The topological polar surface area (TPSA) is 26.3 Å². The lowest BCUT2D eigenvalue weighted by atomic mass is 9.42. The normalized spacial score (nSPS) is 47.1. The van der Waals surface area contributed by atoms with Crippen LogP contribution in [0.3, 0.4) is 0 Å². The van der Waals surface area contributed by atoms with E-state index in [1.807, 2.05) is 0 Å². The van der Waals surface area contributed by atoms with Crippen molar-refractivity contribution in [3.8, 4) is 0 Å². The maximum Gasteiger partial charge on any atom is 0.307 e. The number of fused-ring (bicyclic) bond motifs is 2. The molecule has 0 amide bonds. The smallest absolute Gasteiger partial charge is 0.307 e. The molecular formula is C32H52O2. The zero-order valence-corrected chi connectivity index (χ0v) is 23.6.